The molecule has 5 nitrogen and oxygen atoms in total. The van der Waals surface area contributed by atoms with E-state index in [-0.39, 0.29) is 17.2 Å². The van der Waals surface area contributed by atoms with Crippen molar-refractivity contribution in [1.82, 2.24) is 4.90 Å². The number of nitrogens with one attached hydrogen (secondary N) is 1. The van der Waals surface area contributed by atoms with Crippen LogP contribution in [0, 0.1) is 5.92 Å². The highest BCUT2D eigenvalue weighted by molar-refractivity contribution is 5.98. The topological polar surface area (TPSA) is 58.6 Å². The molecular weight excluding hydrogens is 388 g/mol. The van der Waals surface area contributed by atoms with Gasteiger partial charge in [0, 0.05) is 24.3 Å². The van der Waals surface area contributed by atoms with Gasteiger partial charge in [-0.15, -0.1) is 0 Å². The second kappa shape index (κ2) is 9.54. The van der Waals surface area contributed by atoms with Crippen molar-refractivity contribution in [3.63, 3.8) is 0 Å². The van der Waals surface area contributed by atoms with Crippen molar-refractivity contribution in [2.24, 2.45) is 5.92 Å². The van der Waals surface area contributed by atoms with Crippen LogP contribution in [0.4, 0.5) is 5.69 Å². The molecule has 1 unspecified atom stereocenters. The number of amides is 2. The molecule has 3 rings (SSSR count). The molecule has 1 heterocycles. The molecule has 166 valence electrons. The summed E-state index contributed by atoms with van der Waals surface area (Å²) >= 11 is 0. The van der Waals surface area contributed by atoms with Crippen LogP contribution < -0.4 is 10.1 Å². The Bertz CT molecular complexity index is 907. The number of carbonyl (C=O) groups excluding carboxylic acids is 2. The highest BCUT2D eigenvalue weighted by Gasteiger charge is 2.22. The normalized spacial score (nSPS) is 16.0. The lowest BCUT2D eigenvalue weighted by Gasteiger charge is -2.30. The van der Waals surface area contributed by atoms with Gasteiger partial charge in [0.15, 0.2) is 6.10 Å². The Morgan fingerprint density at radius 2 is 1.71 bits per heavy atom. The molecule has 1 aliphatic rings. The van der Waals surface area contributed by atoms with Gasteiger partial charge in [0.1, 0.15) is 5.75 Å². The van der Waals surface area contributed by atoms with Gasteiger partial charge < -0.3 is 15.0 Å². The Morgan fingerprint density at radius 1 is 1.06 bits per heavy atom. The van der Waals surface area contributed by atoms with Gasteiger partial charge in [0.2, 0.25) is 0 Å². The number of nitrogens with zero attached hydrogens (tertiary/aromatic N) is 1. The lowest BCUT2D eigenvalue weighted by atomic mass is 9.87. The van der Waals surface area contributed by atoms with Crippen molar-refractivity contribution in [3.8, 4) is 5.75 Å². The van der Waals surface area contributed by atoms with E-state index in [1.54, 1.807) is 31.2 Å². The fourth-order valence-electron chi connectivity index (χ4n) is 3.66. The monoisotopic (exact) mass is 422 g/mol. The fraction of sp³-hybridized carbons (Fsp3) is 0.462. The van der Waals surface area contributed by atoms with Crippen LogP contribution in [0.2, 0.25) is 0 Å². The van der Waals surface area contributed by atoms with Crippen LogP contribution in [0.1, 0.15) is 63.4 Å². The standard InChI is InChI=1S/C26H34N2O3/c1-18-13-15-28(16-14-18)25(30)20-7-6-8-22(17-20)27-24(29)19(2)31-23-11-9-21(10-12-23)26(3,4)5/h6-12,17-19H,13-16H2,1-5H3,(H,27,29). The van der Waals surface area contributed by atoms with Crippen LogP contribution in [0.15, 0.2) is 48.5 Å². The van der Waals surface area contributed by atoms with E-state index in [4.69, 9.17) is 4.74 Å². The lowest BCUT2D eigenvalue weighted by Crippen LogP contribution is -2.38. The van der Waals surface area contributed by atoms with Crippen molar-refractivity contribution < 1.29 is 14.3 Å². The molecule has 0 aliphatic carbocycles. The van der Waals surface area contributed by atoms with Gasteiger partial charge in [-0.1, -0.05) is 45.9 Å². The Hall–Kier alpha value is -2.82. The van der Waals surface area contributed by atoms with Gasteiger partial charge in [-0.25, -0.2) is 0 Å². The van der Waals surface area contributed by atoms with Gasteiger partial charge in [-0.05, 0) is 67.0 Å². The summed E-state index contributed by atoms with van der Waals surface area (Å²) in [6.45, 7) is 12.0. The number of ether oxygens (including phenoxy) is 1. The van der Waals surface area contributed by atoms with Crippen molar-refractivity contribution in [2.75, 3.05) is 18.4 Å². The molecule has 2 aromatic rings. The zero-order chi connectivity index (χ0) is 22.6. The van der Waals surface area contributed by atoms with E-state index in [9.17, 15) is 9.59 Å². The molecule has 31 heavy (non-hydrogen) atoms. The third-order valence-electron chi connectivity index (χ3n) is 5.85. The fourth-order valence-corrected chi connectivity index (χ4v) is 3.66. The molecular formula is C26H34N2O3. The van der Waals surface area contributed by atoms with E-state index in [1.807, 2.05) is 29.2 Å². The molecule has 0 bridgehead atoms. The van der Waals surface area contributed by atoms with Crippen molar-refractivity contribution in [2.45, 2.75) is 59.0 Å². The van der Waals surface area contributed by atoms with Crippen LogP contribution in [0.3, 0.4) is 0 Å². The summed E-state index contributed by atoms with van der Waals surface area (Å²) in [4.78, 5) is 27.3. The van der Waals surface area contributed by atoms with Crippen LogP contribution in [0.5, 0.6) is 5.75 Å². The minimum atomic E-state index is -0.663. The Morgan fingerprint density at radius 3 is 2.32 bits per heavy atom. The summed E-state index contributed by atoms with van der Waals surface area (Å²) in [5.41, 5.74) is 2.47. The first kappa shape index (κ1) is 22.9. The number of likely N-dealkylation sites (tertiary alicyclic amines) is 1. The summed E-state index contributed by atoms with van der Waals surface area (Å²) in [5, 5.41) is 2.87. The number of hydrogen-bond acceptors (Lipinski definition) is 3. The quantitative estimate of drug-likeness (QED) is 0.715. The average molecular weight is 423 g/mol. The first-order valence-electron chi connectivity index (χ1n) is 11.1. The molecule has 0 radical (unpaired) electrons. The molecule has 2 aromatic carbocycles. The van der Waals surface area contributed by atoms with Gasteiger partial charge in [-0.2, -0.15) is 0 Å². The Kier molecular flexibility index (Phi) is 7.04. The highest BCUT2D eigenvalue weighted by Crippen LogP contribution is 2.25. The lowest BCUT2D eigenvalue weighted by molar-refractivity contribution is -0.122. The van der Waals surface area contributed by atoms with Gasteiger partial charge >= 0.3 is 0 Å². The second-order valence-corrected chi connectivity index (χ2v) is 9.58. The number of hydrogen-bond donors (Lipinski definition) is 1. The second-order valence-electron chi connectivity index (χ2n) is 9.58. The molecule has 0 aromatic heterocycles. The SMILES string of the molecule is CC1CCN(C(=O)c2cccc(NC(=O)C(C)Oc3ccc(C(C)(C)C)cc3)c2)CC1. The van der Waals surface area contributed by atoms with Crippen molar-refractivity contribution in [1.29, 1.82) is 0 Å². The molecule has 1 atom stereocenters. The maximum absolute atomic E-state index is 12.8. The van der Waals surface area contributed by atoms with E-state index >= 15 is 0 Å². The number of rotatable bonds is 5. The maximum Gasteiger partial charge on any atom is 0.265 e. The molecule has 0 spiro atoms. The minimum absolute atomic E-state index is 0.0197. The van der Waals surface area contributed by atoms with E-state index in [0.29, 0.717) is 22.9 Å². The maximum atomic E-state index is 12.8. The highest BCUT2D eigenvalue weighted by atomic mass is 16.5. The third kappa shape index (κ3) is 6.09. The summed E-state index contributed by atoms with van der Waals surface area (Å²) in [7, 11) is 0. The van der Waals surface area contributed by atoms with Crippen molar-refractivity contribution in [3.05, 3.63) is 59.7 Å². The van der Waals surface area contributed by atoms with Crippen LogP contribution >= 0.6 is 0 Å². The van der Waals surface area contributed by atoms with Crippen LogP contribution in [-0.2, 0) is 10.2 Å². The third-order valence-corrected chi connectivity index (χ3v) is 5.85. The number of benzene rings is 2. The van der Waals surface area contributed by atoms with Crippen LogP contribution in [-0.4, -0.2) is 35.9 Å². The van der Waals surface area contributed by atoms with E-state index in [1.165, 1.54) is 5.56 Å². The van der Waals surface area contributed by atoms with E-state index in [2.05, 4.69) is 33.0 Å². The average Bonchev–Trinajstić information content (AvgIpc) is 2.73. The van der Waals surface area contributed by atoms with Gasteiger partial charge in [-0.3, -0.25) is 9.59 Å². The smallest absolute Gasteiger partial charge is 0.265 e. The summed E-state index contributed by atoms with van der Waals surface area (Å²) < 4.78 is 5.81. The molecule has 1 saturated heterocycles. The molecule has 0 saturated carbocycles. The summed E-state index contributed by atoms with van der Waals surface area (Å²) in [6.07, 6.45) is 1.41. The molecule has 1 fully saturated rings. The van der Waals surface area contributed by atoms with E-state index in [0.717, 1.165) is 25.9 Å². The predicted octanol–water partition coefficient (Wildman–Crippen LogP) is 5.26. The van der Waals surface area contributed by atoms with Gasteiger partial charge in [0.05, 0.1) is 0 Å². The van der Waals surface area contributed by atoms with Crippen molar-refractivity contribution >= 4 is 17.5 Å². The zero-order valence-electron chi connectivity index (χ0n) is 19.3. The molecule has 5 heteroatoms. The Balaban J connectivity index is 1.59. The first-order valence-corrected chi connectivity index (χ1v) is 11.1. The Labute approximate surface area is 185 Å². The van der Waals surface area contributed by atoms with Gasteiger partial charge in [0.25, 0.3) is 11.8 Å². The van der Waals surface area contributed by atoms with E-state index < -0.39 is 6.10 Å². The predicted molar refractivity (Wildman–Crippen MR) is 125 cm³/mol. The minimum Gasteiger partial charge on any atom is -0.481 e. The molecule has 1 aliphatic heterocycles. The molecule has 1 N–H and O–H groups in total. The number of piperidine rings is 1. The molecule has 2 amide bonds. The number of carbonyl (C=O) groups is 2. The first-order chi connectivity index (χ1) is 14.6. The van der Waals surface area contributed by atoms with Crippen LogP contribution in [0.25, 0.3) is 0 Å². The summed E-state index contributed by atoms with van der Waals surface area (Å²) in [6, 6.07) is 15.0. The largest absolute Gasteiger partial charge is 0.481 e. The summed E-state index contributed by atoms with van der Waals surface area (Å²) in [5.74, 6) is 1.09. The number of anilines is 1. The zero-order valence-corrected chi connectivity index (χ0v) is 19.3.